The Morgan fingerprint density at radius 2 is 2.08 bits per heavy atom. The molecule has 1 spiro atoms. The largest absolute Gasteiger partial charge is 0.384 e. The lowest BCUT2D eigenvalue weighted by atomic mass is 9.71. The number of methoxy groups -OCH3 is 1. The zero-order chi connectivity index (χ0) is 17.1. The second-order valence-corrected chi connectivity index (χ2v) is 8.64. The van der Waals surface area contributed by atoms with Gasteiger partial charge in [-0.3, -0.25) is 9.88 Å². The number of likely N-dealkylation sites (tertiary alicyclic amines) is 2. The SMILES string of the molecule is COC[C@@H]1CN(Cc2cccnc2)CC12CCN(CC1CCC1)CC2. The predicted octanol–water partition coefficient (Wildman–Crippen LogP) is 3.04. The molecular formula is C21H33N3O. The van der Waals surface area contributed by atoms with E-state index < -0.39 is 0 Å². The van der Waals surface area contributed by atoms with Gasteiger partial charge in [-0.15, -0.1) is 0 Å². The summed E-state index contributed by atoms with van der Waals surface area (Å²) in [6.07, 6.45) is 11.0. The molecule has 0 aromatic carbocycles. The summed E-state index contributed by atoms with van der Waals surface area (Å²) in [6, 6.07) is 4.25. The van der Waals surface area contributed by atoms with Gasteiger partial charge in [-0.05, 0) is 61.7 Å². The van der Waals surface area contributed by atoms with Crippen molar-refractivity contribution in [3.8, 4) is 0 Å². The molecule has 1 aromatic heterocycles. The van der Waals surface area contributed by atoms with Crippen LogP contribution < -0.4 is 0 Å². The molecule has 1 aromatic rings. The van der Waals surface area contributed by atoms with Crippen molar-refractivity contribution < 1.29 is 4.74 Å². The predicted molar refractivity (Wildman–Crippen MR) is 100 cm³/mol. The molecular weight excluding hydrogens is 310 g/mol. The molecule has 2 aliphatic heterocycles. The Morgan fingerprint density at radius 3 is 2.72 bits per heavy atom. The van der Waals surface area contributed by atoms with Crippen LogP contribution in [0.3, 0.4) is 0 Å². The number of ether oxygens (including phenoxy) is 1. The molecule has 1 aliphatic carbocycles. The molecule has 1 saturated carbocycles. The second-order valence-electron chi connectivity index (χ2n) is 8.64. The maximum Gasteiger partial charge on any atom is 0.0508 e. The number of rotatable bonds is 6. The zero-order valence-corrected chi connectivity index (χ0v) is 15.7. The number of pyridine rings is 1. The van der Waals surface area contributed by atoms with Crippen molar-refractivity contribution in [2.45, 2.75) is 38.6 Å². The fourth-order valence-electron chi connectivity index (χ4n) is 5.23. The van der Waals surface area contributed by atoms with Crippen molar-refractivity contribution in [1.29, 1.82) is 0 Å². The average Bonchev–Trinajstić information content (AvgIpc) is 2.91. The Balaban J connectivity index is 1.37. The van der Waals surface area contributed by atoms with Crippen LogP contribution in [-0.4, -0.2) is 61.2 Å². The van der Waals surface area contributed by atoms with Crippen molar-refractivity contribution >= 4 is 0 Å². The van der Waals surface area contributed by atoms with Crippen LogP contribution in [0.15, 0.2) is 24.5 Å². The molecule has 4 heteroatoms. The molecule has 1 atom stereocenters. The summed E-state index contributed by atoms with van der Waals surface area (Å²) in [5, 5.41) is 0. The summed E-state index contributed by atoms with van der Waals surface area (Å²) in [5.74, 6) is 1.68. The smallest absolute Gasteiger partial charge is 0.0508 e. The lowest BCUT2D eigenvalue weighted by molar-refractivity contribution is 0.0281. The first-order valence-corrected chi connectivity index (χ1v) is 10.1. The lowest BCUT2D eigenvalue weighted by Crippen LogP contribution is -2.46. The van der Waals surface area contributed by atoms with Crippen LogP contribution in [0.4, 0.5) is 0 Å². The van der Waals surface area contributed by atoms with Gasteiger partial charge in [-0.25, -0.2) is 0 Å². The zero-order valence-electron chi connectivity index (χ0n) is 15.7. The molecule has 0 amide bonds. The van der Waals surface area contributed by atoms with Gasteiger partial charge in [0.2, 0.25) is 0 Å². The van der Waals surface area contributed by atoms with Gasteiger partial charge in [0.15, 0.2) is 0 Å². The van der Waals surface area contributed by atoms with Crippen molar-refractivity contribution in [2.75, 3.05) is 46.4 Å². The van der Waals surface area contributed by atoms with Gasteiger partial charge in [0, 0.05) is 51.6 Å². The molecule has 0 N–H and O–H groups in total. The maximum absolute atomic E-state index is 5.62. The molecule has 3 aliphatic rings. The summed E-state index contributed by atoms with van der Waals surface area (Å²) >= 11 is 0. The summed E-state index contributed by atoms with van der Waals surface area (Å²) in [4.78, 5) is 9.66. The highest BCUT2D eigenvalue weighted by Crippen LogP contribution is 2.45. The van der Waals surface area contributed by atoms with Gasteiger partial charge < -0.3 is 9.64 Å². The van der Waals surface area contributed by atoms with Gasteiger partial charge in [0.05, 0.1) is 6.61 Å². The molecule has 4 nitrogen and oxygen atoms in total. The average molecular weight is 344 g/mol. The lowest BCUT2D eigenvalue weighted by Gasteiger charge is -2.44. The fraction of sp³-hybridized carbons (Fsp3) is 0.762. The quantitative estimate of drug-likeness (QED) is 0.794. The Kier molecular flexibility index (Phi) is 5.39. The standard InChI is InChI=1S/C21H33N3O/c1-25-16-20-15-24(14-19-6-3-9-22-12-19)17-21(20)7-10-23(11-8-21)13-18-4-2-5-18/h3,6,9,12,18,20H,2,4-5,7-8,10-11,13-17H2,1H3/t20-/m0/s1. The molecule has 0 radical (unpaired) electrons. The van der Waals surface area contributed by atoms with E-state index in [1.54, 1.807) is 0 Å². The van der Waals surface area contributed by atoms with Crippen LogP contribution in [0, 0.1) is 17.3 Å². The first kappa shape index (κ1) is 17.4. The number of aromatic nitrogens is 1. The van der Waals surface area contributed by atoms with Gasteiger partial charge >= 0.3 is 0 Å². The van der Waals surface area contributed by atoms with Gasteiger partial charge in [0.25, 0.3) is 0 Å². The van der Waals surface area contributed by atoms with Crippen molar-refractivity contribution in [3.63, 3.8) is 0 Å². The van der Waals surface area contributed by atoms with E-state index in [1.807, 2.05) is 25.6 Å². The third kappa shape index (κ3) is 3.91. The summed E-state index contributed by atoms with van der Waals surface area (Å²) in [5.41, 5.74) is 1.80. The van der Waals surface area contributed by atoms with E-state index in [9.17, 15) is 0 Å². The van der Waals surface area contributed by atoms with E-state index in [4.69, 9.17) is 4.74 Å². The minimum Gasteiger partial charge on any atom is -0.384 e. The van der Waals surface area contributed by atoms with Crippen molar-refractivity contribution in [1.82, 2.24) is 14.8 Å². The van der Waals surface area contributed by atoms with Crippen molar-refractivity contribution in [2.24, 2.45) is 17.3 Å². The van der Waals surface area contributed by atoms with Gasteiger partial charge in [-0.1, -0.05) is 12.5 Å². The van der Waals surface area contributed by atoms with Crippen LogP contribution in [0.1, 0.15) is 37.7 Å². The monoisotopic (exact) mass is 343 g/mol. The molecule has 25 heavy (non-hydrogen) atoms. The Labute approximate surface area is 152 Å². The maximum atomic E-state index is 5.62. The van der Waals surface area contributed by atoms with Gasteiger partial charge in [-0.2, -0.15) is 0 Å². The van der Waals surface area contributed by atoms with Crippen molar-refractivity contribution in [3.05, 3.63) is 30.1 Å². The molecule has 0 bridgehead atoms. The first-order valence-electron chi connectivity index (χ1n) is 10.1. The molecule has 4 rings (SSSR count). The summed E-state index contributed by atoms with van der Waals surface area (Å²) in [6.45, 7) is 8.27. The molecule has 138 valence electrons. The Bertz CT molecular complexity index is 537. The highest BCUT2D eigenvalue weighted by molar-refractivity contribution is 5.10. The number of hydrogen-bond donors (Lipinski definition) is 0. The minimum atomic E-state index is 0.467. The second kappa shape index (κ2) is 7.73. The number of nitrogens with zero attached hydrogens (tertiary/aromatic N) is 3. The van der Waals surface area contributed by atoms with Crippen LogP contribution in [0.25, 0.3) is 0 Å². The van der Waals surface area contributed by atoms with E-state index in [0.29, 0.717) is 11.3 Å². The number of piperidine rings is 1. The van der Waals surface area contributed by atoms with E-state index >= 15 is 0 Å². The Hall–Kier alpha value is -0.970. The van der Waals surface area contributed by atoms with Crippen LogP contribution >= 0.6 is 0 Å². The Morgan fingerprint density at radius 1 is 1.24 bits per heavy atom. The minimum absolute atomic E-state index is 0.467. The van der Waals surface area contributed by atoms with E-state index in [1.165, 1.54) is 70.4 Å². The molecule has 3 heterocycles. The summed E-state index contributed by atoms with van der Waals surface area (Å²) < 4.78 is 5.62. The molecule has 3 fully saturated rings. The van der Waals surface area contributed by atoms with Crippen LogP contribution in [0.5, 0.6) is 0 Å². The fourth-order valence-corrected chi connectivity index (χ4v) is 5.23. The van der Waals surface area contributed by atoms with Crippen LogP contribution in [-0.2, 0) is 11.3 Å². The van der Waals surface area contributed by atoms with E-state index in [0.717, 1.165) is 19.1 Å². The third-order valence-corrected chi connectivity index (χ3v) is 6.97. The van der Waals surface area contributed by atoms with Crippen LogP contribution in [0.2, 0.25) is 0 Å². The van der Waals surface area contributed by atoms with E-state index in [-0.39, 0.29) is 0 Å². The topological polar surface area (TPSA) is 28.6 Å². The number of hydrogen-bond acceptors (Lipinski definition) is 4. The molecule has 0 unspecified atom stereocenters. The normalized spacial score (nSPS) is 27.6. The highest BCUT2D eigenvalue weighted by Gasteiger charge is 2.47. The van der Waals surface area contributed by atoms with Gasteiger partial charge in [0.1, 0.15) is 0 Å². The highest BCUT2D eigenvalue weighted by atomic mass is 16.5. The first-order chi connectivity index (χ1) is 12.3. The summed E-state index contributed by atoms with van der Waals surface area (Å²) in [7, 11) is 1.86. The third-order valence-electron chi connectivity index (χ3n) is 6.97. The van der Waals surface area contributed by atoms with E-state index in [2.05, 4.69) is 20.9 Å². The molecule has 2 saturated heterocycles.